The minimum atomic E-state index is -0.451. The van der Waals surface area contributed by atoms with Crippen LogP contribution in [0.25, 0.3) is 0 Å². The molecule has 0 aliphatic carbocycles. The molecule has 0 aromatic carbocycles. The van der Waals surface area contributed by atoms with Gasteiger partial charge in [0.05, 0.1) is 7.11 Å². The zero-order valence-corrected chi connectivity index (χ0v) is 6.92. The van der Waals surface area contributed by atoms with Crippen molar-refractivity contribution in [1.29, 1.82) is 0 Å². The molecule has 0 spiro atoms. The highest BCUT2D eigenvalue weighted by Gasteiger charge is 2.10. The predicted octanol–water partition coefficient (Wildman–Crippen LogP) is -0.342. The van der Waals surface area contributed by atoms with Gasteiger partial charge in [0.1, 0.15) is 5.82 Å². The van der Waals surface area contributed by atoms with E-state index in [1.807, 2.05) is 6.92 Å². The van der Waals surface area contributed by atoms with Gasteiger partial charge in [0.25, 0.3) is 0 Å². The zero-order valence-electron chi connectivity index (χ0n) is 6.92. The first-order chi connectivity index (χ1) is 5.77. The maximum absolute atomic E-state index is 11.0. The standard InChI is InChI=1S/C6H10N4O2/c1-3-4-7-5(9-8-4)6(11)10-12-2/h3H2,1-2H3,(H,10,11)(H,7,8,9). The third-order valence-electron chi connectivity index (χ3n) is 1.26. The predicted molar refractivity (Wildman–Crippen MR) is 40.2 cm³/mol. The fourth-order valence-corrected chi connectivity index (χ4v) is 0.693. The van der Waals surface area contributed by atoms with Crippen molar-refractivity contribution in [2.24, 2.45) is 0 Å². The van der Waals surface area contributed by atoms with Gasteiger partial charge in [-0.3, -0.25) is 14.7 Å². The molecule has 0 atom stereocenters. The number of nitrogens with zero attached hydrogens (tertiary/aromatic N) is 2. The smallest absolute Gasteiger partial charge is 0.277 e. The number of aromatic nitrogens is 3. The highest BCUT2D eigenvalue weighted by atomic mass is 16.6. The molecule has 1 heterocycles. The first-order valence-electron chi connectivity index (χ1n) is 3.52. The second kappa shape index (κ2) is 3.82. The normalized spacial score (nSPS) is 9.83. The summed E-state index contributed by atoms with van der Waals surface area (Å²) in [5, 5.41) is 6.29. The van der Waals surface area contributed by atoms with Crippen molar-refractivity contribution in [1.82, 2.24) is 20.7 Å². The fraction of sp³-hybridized carbons (Fsp3) is 0.500. The molecule has 66 valence electrons. The van der Waals surface area contributed by atoms with E-state index in [4.69, 9.17) is 0 Å². The van der Waals surface area contributed by atoms with Crippen LogP contribution in [0.3, 0.4) is 0 Å². The van der Waals surface area contributed by atoms with Crippen molar-refractivity contribution in [2.45, 2.75) is 13.3 Å². The molecule has 0 unspecified atom stereocenters. The van der Waals surface area contributed by atoms with E-state index in [1.54, 1.807) is 0 Å². The first kappa shape index (κ1) is 8.66. The van der Waals surface area contributed by atoms with Gasteiger partial charge in [0, 0.05) is 6.42 Å². The van der Waals surface area contributed by atoms with Crippen LogP contribution in [0.5, 0.6) is 0 Å². The van der Waals surface area contributed by atoms with Gasteiger partial charge in [-0.1, -0.05) is 6.92 Å². The molecule has 0 aliphatic heterocycles. The van der Waals surface area contributed by atoms with E-state index in [9.17, 15) is 4.79 Å². The number of nitrogens with one attached hydrogen (secondary N) is 2. The molecular formula is C6H10N4O2. The third kappa shape index (κ3) is 1.79. The van der Waals surface area contributed by atoms with Gasteiger partial charge in [0.2, 0.25) is 5.82 Å². The van der Waals surface area contributed by atoms with E-state index in [0.717, 1.165) is 0 Å². The Kier molecular flexibility index (Phi) is 2.76. The van der Waals surface area contributed by atoms with E-state index < -0.39 is 5.91 Å². The highest BCUT2D eigenvalue weighted by molar-refractivity contribution is 5.89. The van der Waals surface area contributed by atoms with Gasteiger partial charge < -0.3 is 0 Å². The van der Waals surface area contributed by atoms with Crippen molar-refractivity contribution in [2.75, 3.05) is 7.11 Å². The molecule has 12 heavy (non-hydrogen) atoms. The van der Waals surface area contributed by atoms with Crippen molar-refractivity contribution < 1.29 is 9.63 Å². The van der Waals surface area contributed by atoms with Crippen LogP contribution in [-0.4, -0.2) is 28.2 Å². The summed E-state index contributed by atoms with van der Waals surface area (Å²) in [5.41, 5.74) is 2.12. The Bertz CT molecular complexity index is 270. The molecule has 0 bridgehead atoms. The van der Waals surface area contributed by atoms with E-state index >= 15 is 0 Å². The summed E-state index contributed by atoms with van der Waals surface area (Å²) in [6.45, 7) is 1.92. The second-order valence-electron chi connectivity index (χ2n) is 2.09. The van der Waals surface area contributed by atoms with Crippen LogP contribution in [0.15, 0.2) is 0 Å². The molecular weight excluding hydrogens is 160 g/mol. The van der Waals surface area contributed by atoms with Gasteiger partial charge in [-0.25, -0.2) is 10.5 Å². The molecule has 6 heteroatoms. The van der Waals surface area contributed by atoms with Gasteiger partial charge in [-0.2, -0.15) is 0 Å². The van der Waals surface area contributed by atoms with Crippen molar-refractivity contribution in [3.05, 3.63) is 11.6 Å². The van der Waals surface area contributed by atoms with Gasteiger partial charge in [-0.15, -0.1) is 5.10 Å². The monoisotopic (exact) mass is 170 g/mol. The summed E-state index contributed by atoms with van der Waals surface area (Å²) < 4.78 is 0. The Labute approximate surface area is 69.3 Å². The molecule has 0 aliphatic rings. The van der Waals surface area contributed by atoms with Gasteiger partial charge in [0.15, 0.2) is 0 Å². The Morgan fingerprint density at radius 3 is 3.00 bits per heavy atom. The average molecular weight is 170 g/mol. The number of aromatic amines is 1. The van der Waals surface area contributed by atoms with Crippen molar-refractivity contribution >= 4 is 5.91 Å². The minimum absolute atomic E-state index is 0.0914. The number of hydrogen-bond acceptors (Lipinski definition) is 4. The van der Waals surface area contributed by atoms with Gasteiger partial charge in [-0.05, 0) is 0 Å². The number of H-pyrrole nitrogens is 1. The molecule has 0 saturated carbocycles. The van der Waals surface area contributed by atoms with Crippen LogP contribution >= 0.6 is 0 Å². The highest BCUT2D eigenvalue weighted by Crippen LogP contribution is 1.92. The largest absolute Gasteiger partial charge is 0.314 e. The lowest BCUT2D eigenvalue weighted by Crippen LogP contribution is -2.23. The first-order valence-corrected chi connectivity index (χ1v) is 3.52. The molecule has 1 aromatic rings. The average Bonchev–Trinajstić information content (AvgIpc) is 2.52. The van der Waals surface area contributed by atoms with Crippen LogP contribution in [0.2, 0.25) is 0 Å². The Morgan fingerprint density at radius 1 is 1.75 bits per heavy atom. The van der Waals surface area contributed by atoms with Crippen LogP contribution in [0.1, 0.15) is 23.4 Å². The minimum Gasteiger partial charge on any atom is -0.277 e. The topological polar surface area (TPSA) is 79.9 Å². The molecule has 0 fully saturated rings. The SMILES string of the molecule is CCc1nc(C(=O)NOC)n[nH]1. The summed E-state index contributed by atoms with van der Waals surface area (Å²) in [4.78, 5) is 19.3. The number of carbonyl (C=O) groups is 1. The summed E-state index contributed by atoms with van der Waals surface area (Å²) in [5.74, 6) is 0.318. The van der Waals surface area contributed by atoms with Crippen LogP contribution in [0, 0.1) is 0 Å². The number of hydroxylamine groups is 1. The lowest BCUT2D eigenvalue weighted by atomic mass is 10.5. The molecule has 2 N–H and O–H groups in total. The lowest BCUT2D eigenvalue weighted by Gasteiger charge is -1.94. The Balaban J connectivity index is 2.68. The van der Waals surface area contributed by atoms with Crippen LogP contribution < -0.4 is 5.48 Å². The quantitative estimate of drug-likeness (QED) is 0.608. The summed E-state index contributed by atoms with van der Waals surface area (Å²) in [6.07, 6.45) is 0.716. The molecule has 1 amide bonds. The fourth-order valence-electron chi connectivity index (χ4n) is 0.693. The Morgan fingerprint density at radius 2 is 2.50 bits per heavy atom. The van der Waals surface area contributed by atoms with Crippen molar-refractivity contribution in [3.8, 4) is 0 Å². The molecule has 0 saturated heterocycles. The molecule has 6 nitrogen and oxygen atoms in total. The number of carbonyl (C=O) groups excluding carboxylic acids is 1. The maximum Gasteiger partial charge on any atom is 0.314 e. The summed E-state index contributed by atoms with van der Waals surface area (Å²) in [7, 11) is 1.35. The van der Waals surface area contributed by atoms with E-state index in [-0.39, 0.29) is 5.82 Å². The summed E-state index contributed by atoms with van der Waals surface area (Å²) >= 11 is 0. The number of rotatable bonds is 3. The number of amides is 1. The molecule has 1 rings (SSSR count). The van der Waals surface area contributed by atoms with Crippen molar-refractivity contribution in [3.63, 3.8) is 0 Å². The molecule has 0 radical (unpaired) electrons. The van der Waals surface area contributed by atoms with Crippen LogP contribution in [0.4, 0.5) is 0 Å². The van der Waals surface area contributed by atoms with E-state index in [2.05, 4.69) is 25.5 Å². The number of aryl methyl sites for hydroxylation is 1. The zero-order chi connectivity index (χ0) is 8.97. The Hall–Kier alpha value is -1.43. The maximum atomic E-state index is 11.0. The van der Waals surface area contributed by atoms with E-state index in [0.29, 0.717) is 12.2 Å². The second-order valence-corrected chi connectivity index (χ2v) is 2.09. The van der Waals surface area contributed by atoms with E-state index in [1.165, 1.54) is 7.11 Å². The molecule has 1 aromatic heterocycles. The third-order valence-corrected chi connectivity index (χ3v) is 1.26. The summed E-state index contributed by atoms with van der Waals surface area (Å²) in [6, 6.07) is 0. The number of hydrogen-bond donors (Lipinski definition) is 2. The van der Waals surface area contributed by atoms with Crippen LogP contribution in [-0.2, 0) is 11.3 Å². The van der Waals surface area contributed by atoms with Gasteiger partial charge >= 0.3 is 5.91 Å². The lowest BCUT2D eigenvalue weighted by molar-refractivity contribution is 0.0527.